The number of ether oxygens (including phenoxy) is 1. The van der Waals surface area contributed by atoms with Gasteiger partial charge in [0.2, 0.25) is 0 Å². The number of rotatable bonds is 5. The maximum atomic E-state index is 5.16. The van der Waals surface area contributed by atoms with E-state index in [0.717, 1.165) is 17.8 Å². The van der Waals surface area contributed by atoms with Crippen LogP contribution in [0.25, 0.3) is 10.9 Å². The number of aromatic amines is 1. The highest BCUT2D eigenvalue weighted by atomic mass is 16.5. The number of hydrogen-bond donors (Lipinski definition) is 1. The zero-order chi connectivity index (χ0) is 17.2. The monoisotopic (exact) mass is 333 g/mol. The SMILES string of the molecule is COc1nccc(CC(c2cnc[nH]2)c2cccc3c2ccn3C)n1. The summed E-state index contributed by atoms with van der Waals surface area (Å²) in [4.78, 5) is 16.1. The number of methoxy groups -OCH3 is 1. The first-order valence-electron chi connectivity index (χ1n) is 8.14. The Morgan fingerprint density at radius 1 is 1.24 bits per heavy atom. The van der Waals surface area contributed by atoms with Gasteiger partial charge in [0.25, 0.3) is 0 Å². The number of benzene rings is 1. The van der Waals surface area contributed by atoms with E-state index in [-0.39, 0.29) is 5.92 Å². The predicted octanol–water partition coefficient (Wildman–Crippen LogP) is 3.07. The van der Waals surface area contributed by atoms with Gasteiger partial charge in [0.15, 0.2) is 0 Å². The number of hydrogen-bond acceptors (Lipinski definition) is 4. The number of nitrogens with one attached hydrogen (secondary N) is 1. The van der Waals surface area contributed by atoms with Crippen molar-refractivity contribution in [2.75, 3.05) is 7.11 Å². The minimum absolute atomic E-state index is 0.119. The smallest absolute Gasteiger partial charge is 0.316 e. The van der Waals surface area contributed by atoms with Gasteiger partial charge in [-0.15, -0.1) is 0 Å². The second-order valence-electron chi connectivity index (χ2n) is 6.01. The van der Waals surface area contributed by atoms with Gasteiger partial charge in [-0.1, -0.05) is 12.1 Å². The Hall–Kier alpha value is -3.15. The van der Waals surface area contributed by atoms with Gasteiger partial charge in [-0.2, -0.15) is 0 Å². The van der Waals surface area contributed by atoms with E-state index in [1.165, 1.54) is 16.5 Å². The zero-order valence-electron chi connectivity index (χ0n) is 14.2. The molecule has 3 aromatic heterocycles. The normalized spacial score (nSPS) is 12.4. The molecule has 6 heteroatoms. The summed E-state index contributed by atoms with van der Waals surface area (Å²) in [6.07, 6.45) is 8.15. The molecule has 3 heterocycles. The van der Waals surface area contributed by atoms with Gasteiger partial charge < -0.3 is 14.3 Å². The molecule has 0 bridgehead atoms. The minimum atomic E-state index is 0.119. The molecule has 1 atom stereocenters. The van der Waals surface area contributed by atoms with Crippen molar-refractivity contribution in [1.82, 2.24) is 24.5 Å². The van der Waals surface area contributed by atoms with Crippen LogP contribution in [0.1, 0.15) is 22.9 Å². The van der Waals surface area contributed by atoms with E-state index < -0.39 is 0 Å². The number of H-pyrrole nitrogens is 1. The molecule has 1 N–H and O–H groups in total. The Balaban J connectivity index is 1.81. The number of imidazole rings is 1. The van der Waals surface area contributed by atoms with Crippen LogP contribution in [-0.2, 0) is 13.5 Å². The van der Waals surface area contributed by atoms with Gasteiger partial charge in [0.05, 0.1) is 13.4 Å². The molecule has 0 spiro atoms. The third-order valence-electron chi connectivity index (χ3n) is 4.52. The van der Waals surface area contributed by atoms with E-state index >= 15 is 0 Å². The molecule has 0 aliphatic carbocycles. The fraction of sp³-hybridized carbons (Fsp3) is 0.211. The lowest BCUT2D eigenvalue weighted by molar-refractivity contribution is 0.377. The maximum absolute atomic E-state index is 5.16. The summed E-state index contributed by atoms with van der Waals surface area (Å²) in [5, 5.41) is 1.24. The Morgan fingerprint density at radius 2 is 2.16 bits per heavy atom. The number of aryl methyl sites for hydroxylation is 1. The molecule has 126 valence electrons. The first kappa shape index (κ1) is 15.4. The van der Waals surface area contributed by atoms with Gasteiger partial charge in [-0.3, -0.25) is 0 Å². The van der Waals surface area contributed by atoms with Crippen LogP contribution in [0, 0.1) is 0 Å². The number of nitrogens with zero attached hydrogens (tertiary/aromatic N) is 4. The highest BCUT2D eigenvalue weighted by Gasteiger charge is 2.20. The molecule has 0 amide bonds. The Bertz CT molecular complexity index is 990. The molecule has 0 radical (unpaired) electrons. The van der Waals surface area contributed by atoms with Gasteiger partial charge in [-0.25, -0.2) is 15.0 Å². The zero-order valence-corrected chi connectivity index (χ0v) is 14.2. The number of aromatic nitrogens is 5. The average Bonchev–Trinajstić information content (AvgIpc) is 3.30. The first-order chi connectivity index (χ1) is 12.3. The lowest BCUT2D eigenvalue weighted by atomic mass is 9.89. The molecular formula is C19H19N5O. The minimum Gasteiger partial charge on any atom is -0.467 e. The molecule has 0 aliphatic rings. The van der Waals surface area contributed by atoms with Crippen molar-refractivity contribution in [3.05, 3.63) is 72.2 Å². The van der Waals surface area contributed by atoms with Gasteiger partial charge in [0, 0.05) is 60.3 Å². The molecular weight excluding hydrogens is 314 g/mol. The summed E-state index contributed by atoms with van der Waals surface area (Å²) in [7, 11) is 3.64. The molecule has 0 fully saturated rings. The maximum Gasteiger partial charge on any atom is 0.316 e. The molecule has 1 unspecified atom stereocenters. The van der Waals surface area contributed by atoms with Crippen LogP contribution in [0.5, 0.6) is 6.01 Å². The van der Waals surface area contributed by atoms with Crippen molar-refractivity contribution in [3.63, 3.8) is 0 Å². The molecule has 0 saturated heterocycles. The van der Waals surface area contributed by atoms with Crippen LogP contribution in [-0.4, -0.2) is 31.6 Å². The molecule has 6 nitrogen and oxygen atoms in total. The van der Waals surface area contributed by atoms with Crippen LogP contribution < -0.4 is 4.74 Å². The number of fused-ring (bicyclic) bond motifs is 1. The van der Waals surface area contributed by atoms with Crippen molar-refractivity contribution in [2.45, 2.75) is 12.3 Å². The van der Waals surface area contributed by atoms with E-state index in [1.807, 2.05) is 12.3 Å². The van der Waals surface area contributed by atoms with Crippen LogP contribution in [0.3, 0.4) is 0 Å². The van der Waals surface area contributed by atoms with Crippen molar-refractivity contribution in [1.29, 1.82) is 0 Å². The average molecular weight is 333 g/mol. The van der Waals surface area contributed by atoms with Crippen molar-refractivity contribution >= 4 is 10.9 Å². The summed E-state index contributed by atoms with van der Waals surface area (Å²) in [6, 6.07) is 10.9. The first-order valence-corrected chi connectivity index (χ1v) is 8.14. The fourth-order valence-corrected chi connectivity index (χ4v) is 3.27. The summed E-state index contributed by atoms with van der Waals surface area (Å²) in [5.41, 5.74) is 4.45. The molecule has 4 aromatic rings. The van der Waals surface area contributed by atoms with Crippen LogP contribution in [0.2, 0.25) is 0 Å². The third kappa shape index (κ3) is 2.87. The van der Waals surface area contributed by atoms with Gasteiger partial charge >= 0.3 is 6.01 Å². The van der Waals surface area contributed by atoms with Gasteiger partial charge in [0.1, 0.15) is 0 Å². The second kappa shape index (κ2) is 6.39. The standard InChI is InChI=1S/C19H19N5O/c1-24-9-7-15-14(4-3-5-18(15)24)16(17-11-20-12-22-17)10-13-6-8-21-19(23-13)25-2/h3-9,11-12,16H,10H2,1-2H3,(H,20,22). The second-order valence-corrected chi connectivity index (χ2v) is 6.01. The summed E-state index contributed by atoms with van der Waals surface area (Å²) >= 11 is 0. The van der Waals surface area contributed by atoms with E-state index in [2.05, 4.69) is 62.0 Å². The lowest BCUT2D eigenvalue weighted by Crippen LogP contribution is -2.08. The highest BCUT2D eigenvalue weighted by Crippen LogP contribution is 2.32. The van der Waals surface area contributed by atoms with E-state index in [0.29, 0.717) is 6.01 Å². The quantitative estimate of drug-likeness (QED) is 0.609. The topological polar surface area (TPSA) is 68.6 Å². The Kier molecular flexibility index (Phi) is 3.93. The van der Waals surface area contributed by atoms with E-state index in [4.69, 9.17) is 4.74 Å². The van der Waals surface area contributed by atoms with Crippen LogP contribution in [0.4, 0.5) is 0 Å². The van der Waals surface area contributed by atoms with Gasteiger partial charge in [-0.05, 0) is 23.8 Å². The molecule has 0 saturated carbocycles. The molecule has 4 rings (SSSR count). The third-order valence-corrected chi connectivity index (χ3v) is 4.52. The summed E-state index contributed by atoms with van der Waals surface area (Å²) in [6.45, 7) is 0. The largest absolute Gasteiger partial charge is 0.467 e. The van der Waals surface area contributed by atoms with E-state index in [9.17, 15) is 0 Å². The summed E-state index contributed by atoms with van der Waals surface area (Å²) < 4.78 is 7.30. The lowest BCUT2D eigenvalue weighted by Gasteiger charge is -2.17. The van der Waals surface area contributed by atoms with Crippen molar-refractivity contribution in [2.24, 2.45) is 7.05 Å². The molecule has 1 aromatic carbocycles. The predicted molar refractivity (Wildman–Crippen MR) is 95.6 cm³/mol. The van der Waals surface area contributed by atoms with Crippen molar-refractivity contribution in [3.8, 4) is 6.01 Å². The molecule has 0 aliphatic heterocycles. The van der Waals surface area contributed by atoms with Crippen LogP contribution in [0.15, 0.2) is 55.2 Å². The Morgan fingerprint density at radius 3 is 2.96 bits per heavy atom. The van der Waals surface area contributed by atoms with Crippen molar-refractivity contribution < 1.29 is 4.74 Å². The summed E-state index contributed by atoms with van der Waals surface area (Å²) in [5.74, 6) is 0.119. The van der Waals surface area contributed by atoms with E-state index in [1.54, 1.807) is 19.6 Å². The van der Waals surface area contributed by atoms with Crippen LogP contribution >= 0.6 is 0 Å². The highest BCUT2D eigenvalue weighted by molar-refractivity contribution is 5.84. The fourth-order valence-electron chi connectivity index (χ4n) is 3.27. The Labute approximate surface area is 145 Å². The molecule has 25 heavy (non-hydrogen) atoms.